The molecule has 0 radical (unpaired) electrons. The zero-order chi connectivity index (χ0) is 17.3. The third-order valence-electron chi connectivity index (χ3n) is 4.58. The Hall–Kier alpha value is -2.41. The summed E-state index contributed by atoms with van der Waals surface area (Å²) in [6, 6.07) is 0. The molecule has 24 heavy (non-hydrogen) atoms. The summed E-state index contributed by atoms with van der Waals surface area (Å²) in [7, 11) is 1.76. The van der Waals surface area contributed by atoms with Crippen LogP contribution in [0.5, 0.6) is 0 Å². The van der Waals surface area contributed by atoms with E-state index in [1.807, 2.05) is 13.8 Å². The molecule has 3 rings (SSSR count). The van der Waals surface area contributed by atoms with E-state index in [1.54, 1.807) is 11.7 Å². The van der Waals surface area contributed by atoms with E-state index < -0.39 is 0 Å². The molecule has 0 saturated carbocycles. The molecule has 0 unspecified atom stereocenters. The van der Waals surface area contributed by atoms with E-state index >= 15 is 0 Å². The number of nitrogens with one attached hydrogen (secondary N) is 3. The highest BCUT2D eigenvalue weighted by Crippen LogP contribution is 2.20. The zero-order valence-electron chi connectivity index (χ0n) is 14.3. The first-order valence-corrected chi connectivity index (χ1v) is 8.17. The maximum Gasteiger partial charge on any atom is 0.273 e. The summed E-state index contributed by atoms with van der Waals surface area (Å²) in [6.45, 7) is 6.16. The van der Waals surface area contributed by atoms with Gasteiger partial charge >= 0.3 is 0 Å². The summed E-state index contributed by atoms with van der Waals surface area (Å²) in [6.07, 6.45) is 3.32. The van der Waals surface area contributed by atoms with Gasteiger partial charge < -0.3 is 10.6 Å². The SMILES string of the molecule is Cc1nc2c(c(C)c1CC(=O)NCC1=CCNCC1)c(=O)[nH]n2C. The van der Waals surface area contributed by atoms with Crippen LogP contribution in [0.1, 0.15) is 23.2 Å². The first kappa shape index (κ1) is 16.4. The Balaban J connectivity index is 1.79. The maximum absolute atomic E-state index is 12.3. The molecule has 128 valence electrons. The first-order chi connectivity index (χ1) is 11.5. The molecule has 3 N–H and O–H groups in total. The Bertz CT molecular complexity index is 875. The smallest absolute Gasteiger partial charge is 0.273 e. The number of aromatic amines is 1. The van der Waals surface area contributed by atoms with Crippen molar-refractivity contribution in [1.29, 1.82) is 0 Å². The number of rotatable bonds is 4. The number of H-pyrrole nitrogens is 1. The number of aromatic nitrogens is 3. The maximum atomic E-state index is 12.3. The topological polar surface area (TPSA) is 91.8 Å². The normalized spacial score (nSPS) is 14.7. The minimum Gasteiger partial charge on any atom is -0.352 e. The van der Waals surface area contributed by atoms with E-state index in [1.165, 1.54) is 5.57 Å². The number of carbonyl (C=O) groups is 1. The number of hydrogen-bond donors (Lipinski definition) is 3. The lowest BCUT2D eigenvalue weighted by atomic mass is 10.0. The number of fused-ring (bicyclic) bond motifs is 1. The van der Waals surface area contributed by atoms with Crippen LogP contribution in [0.3, 0.4) is 0 Å². The second kappa shape index (κ2) is 6.60. The number of amides is 1. The van der Waals surface area contributed by atoms with Crippen LogP contribution in [0.4, 0.5) is 0 Å². The van der Waals surface area contributed by atoms with Crippen LogP contribution in [-0.4, -0.2) is 40.3 Å². The van der Waals surface area contributed by atoms with Crippen LogP contribution >= 0.6 is 0 Å². The lowest BCUT2D eigenvalue weighted by Gasteiger charge is -2.15. The van der Waals surface area contributed by atoms with Crippen LogP contribution in [0, 0.1) is 13.8 Å². The van der Waals surface area contributed by atoms with Crippen molar-refractivity contribution in [3.63, 3.8) is 0 Å². The van der Waals surface area contributed by atoms with Crippen molar-refractivity contribution >= 4 is 16.9 Å². The summed E-state index contributed by atoms with van der Waals surface area (Å²) < 4.78 is 1.62. The fourth-order valence-electron chi connectivity index (χ4n) is 3.17. The van der Waals surface area contributed by atoms with Gasteiger partial charge in [0.05, 0.1) is 11.8 Å². The lowest BCUT2D eigenvalue weighted by molar-refractivity contribution is -0.120. The van der Waals surface area contributed by atoms with Gasteiger partial charge in [0.1, 0.15) is 0 Å². The molecule has 1 amide bonds. The van der Waals surface area contributed by atoms with Gasteiger partial charge in [0.15, 0.2) is 5.65 Å². The van der Waals surface area contributed by atoms with E-state index in [4.69, 9.17) is 0 Å². The fraction of sp³-hybridized carbons (Fsp3) is 0.471. The Morgan fingerprint density at radius 2 is 2.21 bits per heavy atom. The lowest BCUT2D eigenvalue weighted by Crippen LogP contribution is -2.31. The largest absolute Gasteiger partial charge is 0.352 e. The van der Waals surface area contributed by atoms with Crippen LogP contribution in [0.25, 0.3) is 11.0 Å². The molecular formula is C17H23N5O2. The third-order valence-corrected chi connectivity index (χ3v) is 4.58. The number of nitrogens with zero attached hydrogens (tertiary/aromatic N) is 2. The molecule has 7 nitrogen and oxygen atoms in total. The van der Waals surface area contributed by atoms with Gasteiger partial charge in [-0.05, 0) is 37.9 Å². The Morgan fingerprint density at radius 1 is 1.42 bits per heavy atom. The molecule has 1 aliphatic rings. The molecule has 0 bridgehead atoms. The van der Waals surface area contributed by atoms with E-state index in [2.05, 4.69) is 26.8 Å². The van der Waals surface area contributed by atoms with Gasteiger partial charge in [-0.2, -0.15) is 0 Å². The minimum absolute atomic E-state index is 0.0471. The number of pyridine rings is 1. The van der Waals surface area contributed by atoms with E-state index in [0.29, 0.717) is 17.6 Å². The highest BCUT2D eigenvalue weighted by molar-refractivity contribution is 5.84. The standard InChI is InChI=1S/C17H23N5O2/c1-10-13(8-14(23)19-9-12-4-6-18-7-5-12)11(2)20-16-15(10)17(24)21-22(16)3/h4,18H,5-9H2,1-3H3,(H,19,23)(H,21,24). The molecule has 1 aliphatic heterocycles. The zero-order valence-corrected chi connectivity index (χ0v) is 14.3. The van der Waals surface area contributed by atoms with Gasteiger partial charge in [-0.25, -0.2) is 4.98 Å². The fourth-order valence-corrected chi connectivity index (χ4v) is 3.17. The molecule has 7 heteroatoms. The average molecular weight is 329 g/mol. The first-order valence-electron chi connectivity index (χ1n) is 8.17. The van der Waals surface area contributed by atoms with Gasteiger partial charge in [0.2, 0.25) is 5.91 Å². The van der Waals surface area contributed by atoms with Crippen LogP contribution in [0.15, 0.2) is 16.4 Å². The average Bonchev–Trinajstić information content (AvgIpc) is 2.84. The van der Waals surface area contributed by atoms with Crippen molar-refractivity contribution in [2.24, 2.45) is 7.05 Å². The summed E-state index contributed by atoms with van der Waals surface area (Å²) in [5.74, 6) is -0.0471. The summed E-state index contributed by atoms with van der Waals surface area (Å²) in [5.41, 5.74) is 4.15. The van der Waals surface area contributed by atoms with Crippen molar-refractivity contribution in [1.82, 2.24) is 25.4 Å². The van der Waals surface area contributed by atoms with Gasteiger partial charge in [-0.15, -0.1) is 0 Å². The number of hydrogen-bond acceptors (Lipinski definition) is 4. The van der Waals surface area contributed by atoms with Crippen molar-refractivity contribution in [3.8, 4) is 0 Å². The van der Waals surface area contributed by atoms with Crippen molar-refractivity contribution < 1.29 is 4.79 Å². The molecule has 0 aromatic carbocycles. The molecule has 0 atom stereocenters. The predicted octanol–water partition coefficient (Wildman–Crippen LogP) is 0.457. The van der Waals surface area contributed by atoms with Gasteiger partial charge in [0, 0.05) is 25.8 Å². The molecule has 0 saturated heterocycles. The summed E-state index contributed by atoms with van der Waals surface area (Å²) in [4.78, 5) is 28.9. The summed E-state index contributed by atoms with van der Waals surface area (Å²) >= 11 is 0. The van der Waals surface area contributed by atoms with Crippen LogP contribution in [-0.2, 0) is 18.3 Å². The predicted molar refractivity (Wildman–Crippen MR) is 93.1 cm³/mol. The minimum atomic E-state index is -0.168. The molecule has 2 aromatic heterocycles. The molecular weight excluding hydrogens is 306 g/mol. The number of carbonyl (C=O) groups excluding carboxylic acids is 1. The Kier molecular flexibility index (Phi) is 4.53. The molecule has 2 aromatic rings. The highest BCUT2D eigenvalue weighted by Gasteiger charge is 2.17. The highest BCUT2D eigenvalue weighted by atomic mass is 16.1. The molecule has 0 spiro atoms. The van der Waals surface area contributed by atoms with E-state index in [0.717, 1.165) is 36.3 Å². The second-order valence-corrected chi connectivity index (χ2v) is 6.27. The number of aryl methyl sites for hydroxylation is 3. The quantitative estimate of drug-likeness (QED) is 0.711. The second-order valence-electron chi connectivity index (χ2n) is 6.27. The molecule has 0 fully saturated rings. The monoisotopic (exact) mass is 329 g/mol. The van der Waals surface area contributed by atoms with Crippen LogP contribution in [0.2, 0.25) is 0 Å². The van der Waals surface area contributed by atoms with Gasteiger partial charge in [-0.1, -0.05) is 11.6 Å². The Morgan fingerprint density at radius 3 is 2.92 bits per heavy atom. The van der Waals surface area contributed by atoms with Crippen LogP contribution < -0.4 is 16.2 Å². The van der Waals surface area contributed by atoms with Crippen molar-refractivity contribution in [2.45, 2.75) is 26.7 Å². The van der Waals surface area contributed by atoms with E-state index in [9.17, 15) is 9.59 Å². The molecule has 3 heterocycles. The van der Waals surface area contributed by atoms with Gasteiger partial charge in [-0.3, -0.25) is 19.4 Å². The third kappa shape index (κ3) is 3.12. The van der Waals surface area contributed by atoms with E-state index in [-0.39, 0.29) is 17.9 Å². The van der Waals surface area contributed by atoms with Crippen molar-refractivity contribution in [2.75, 3.05) is 19.6 Å². The van der Waals surface area contributed by atoms with Crippen molar-refractivity contribution in [3.05, 3.63) is 38.8 Å². The summed E-state index contributed by atoms with van der Waals surface area (Å²) in [5, 5.41) is 9.50. The Labute approximate surface area is 140 Å². The van der Waals surface area contributed by atoms with Gasteiger partial charge in [0.25, 0.3) is 5.56 Å². The molecule has 0 aliphatic carbocycles.